The second kappa shape index (κ2) is 8.48. The Labute approximate surface area is 191 Å². The maximum absolute atomic E-state index is 11.1. The second-order valence-corrected chi connectivity index (χ2v) is 9.73. The highest BCUT2D eigenvalue weighted by Crippen LogP contribution is 2.39. The van der Waals surface area contributed by atoms with Gasteiger partial charge in [-0.15, -0.1) is 11.3 Å². The van der Waals surface area contributed by atoms with Gasteiger partial charge in [0, 0.05) is 52.3 Å². The van der Waals surface area contributed by atoms with Gasteiger partial charge in [-0.25, -0.2) is 9.19 Å². The van der Waals surface area contributed by atoms with E-state index in [4.69, 9.17) is 4.55 Å². The molecule has 4 heterocycles. The average Bonchev–Trinajstić information content (AvgIpc) is 3.43. The van der Waals surface area contributed by atoms with Crippen LogP contribution in [0.1, 0.15) is 22.4 Å². The van der Waals surface area contributed by atoms with Crippen molar-refractivity contribution in [2.45, 2.75) is 13.3 Å². The molecule has 1 aromatic carbocycles. The van der Waals surface area contributed by atoms with E-state index >= 15 is 0 Å². The number of anilines is 2. The van der Waals surface area contributed by atoms with Crippen molar-refractivity contribution in [2.24, 2.45) is 0 Å². The molecule has 0 aliphatic carbocycles. The lowest BCUT2D eigenvalue weighted by molar-refractivity contribution is 0.343. The molecule has 0 bridgehead atoms. The number of benzene rings is 1. The van der Waals surface area contributed by atoms with Gasteiger partial charge in [0.2, 0.25) is 0 Å². The third-order valence-electron chi connectivity index (χ3n) is 5.85. The van der Waals surface area contributed by atoms with Gasteiger partial charge in [0.25, 0.3) is 0 Å². The van der Waals surface area contributed by atoms with Crippen LogP contribution in [0.25, 0.3) is 26.7 Å². The number of aromatic amines is 1. The Morgan fingerprint density at radius 3 is 3.00 bits per heavy atom. The highest BCUT2D eigenvalue weighted by atomic mass is 32.2. The first-order chi connectivity index (χ1) is 15.5. The summed E-state index contributed by atoms with van der Waals surface area (Å²) in [6.07, 6.45) is 6.47. The zero-order valence-electron chi connectivity index (χ0n) is 17.4. The first-order valence-corrected chi connectivity index (χ1v) is 12.3. The van der Waals surface area contributed by atoms with Gasteiger partial charge in [0.05, 0.1) is 11.3 Å². The molecule has 3 N–H and O–H groups in total. The summed E-state index contributed by atoms with van der Waals surface area (Å²) >= 11 is -0.208. The molecule has 0 spiro atoms. The number of aryl methyl sites for hydroxylation is 1. The van der Waals surface area contributed by atoms with Gasteiger partial charge in [-0.2, -0.15) is 5.26 Å². The molecule has 1 atom stereocenters. The lowest BCUT2D eigenvalue weighted by atomic mass is 10.1. The first kappa shape index (κ1) is 20.8. The molecule has 0 saturated heterocycles. The molecule has 1 aliphatic heterocycles. The molecule has 5 rings (SSSR count). The highest BCUT2D eigenvalue weighted by Gasteiger charge is 2.19. The van der Waals surface area contributed by atoms with E-state index in [9.17, 15) is 9.47 Å². The summed E-state index contributed by atoms with van der Waals surface area (Å²) < 4.78 is 20.2. The second-order valence-electron chi connectivity index (χ2n) is 7.80. The molecular weight excluding hydrogens is 442 g/mol. The number of nitriles is 1. The number of hydrogen-bond acceptors (Lipinski definition) is 6. The predicted octanol–water partition coefficient (Wildman–Crippen LogP) is 4.97. The van der Waals surface area contributed by atoms with Crippen molar-refractivity contribution in [3.05, 3.63) is 58.7 Å². The molecule has 1 unspecified atom stereocenters. The van der Waals surface area contributed by atoms with E-state index in [0.717, 1.165) is 55.9 Å². The van der Waals surface area contributed by atoms with Crippen LogP contribution in [0.5, 0.6) is 0 Å². The topological polar surface area (TPSA) is 105 Å². The third kappa shape index (κ3) is 3.82. The number of pyridine rings is 1. The summed E-state index contributed by atoms with van der Waals surface area (Å²) in [5.41, 5.74) is 5.64. The fourth-order valence-electron chi connectivity index (χ4n) is 4.13. The molecule has 0 saturated carbocycles. The Morgan fingerprint density at radius 2 is 2.25 bits per heavy atom. The van der Waals surface area contributed by atoms with Gasteiger partial charge in [0.1, 0.15) is 16.8 Å². The summed E-state index contributed by atoms with van der Waals surface area (Å²) in [7, 11) is 0. The molecule has 4 aromatic rings. The van der Waals surface area contributed by atoms with Crippen molar-refractivity contribution in [3.8, 4) is 6.07 Å². The number of aromatic nitrogens is 2. The number of hydrogen-bond donors (Lipinski definition) is 3. The van der Waals surface area contributed by atoms with Crippen LogP contribution in [0, 0.1) is 18.3 Å². The van der Waals surface area contributed by atoms with Gasteiger partial charge in [-0.05, 0) is 48.7 Å². The number of H-pyrrole nitrogens is 1. The molecular formula is C23H21N5O2S2. The van der Waals surface area contributed by atoms with Crippen LogP contribution in [0.2, 0.25) is 0 Å². The number of nitrogens with zero attached hydrogens (tertiary/aromatic N) is 3. The van der Waals surface area contributed by atoms with E-state index < -0.39 is 11.1 Å². The van der Waals surface area contributed by atoms with E-state index in [1.54, 1.807) is 17.5 Å². The monoisotopic (exact) mass is 463 g/mol. The lowest BCUT2D eigenvalue weighted by Gasteiger charge is -2.24. The predicted molar refractivity (Wildman–Crippen MR) is 130 cm³/mol. The fourth-order valence-corrected chi connectivity index (χ4v) is 5.75. The molecule has 1 aliphatic rings. The van der Waals surface area contributed by atoms with Crippen molar-refractivity contribution in [2.75, 3.05) is 24.3 Å². The maximum Gasteiger partial charge on any atom is 0.167 e. The molecule has 0 radical (unpaired) electrons. The average molecular weight is 464 g/mol. The van der Waals surface area contributed by atoms with E-state index in [-0.39, 0.29) is 5.88 Å². The number of thiophene rings is 1. The van der Waals surface area contributed by atoms with Gasteiger partial charge in [-0.3, -0.25) is 4.90 Å². The van der Waals surface area contributed by atoms with Crippen LogP contribution in [0.3, 0.4) is 0 Å². The van der Waals surface area contributed by atoms with E-state index in [2.05, 4.69) is 46.5 Å². The standard InChI is InChI=1S/C23H21N5O2S2/c1-14-17-4-7-25-20(17)3-2-19(14)27-22-16(11-24)12-26-23-18(22)10-21(31-23)15-5-8-28(9-6-15)13-32(29)30/h2-5,7,10,12,25H,6,8-9,13H2,1H3,(H,26,27)(H,29,30). The minimum absolute atomic E-state index is 0.169. The lowest BCUT2D eigenvalue weighted by Crippen LogP contribution is -2.31. The fraction of sp³-hybridized carbons (Fsp3) is 0.217. The zero-order chi connectivity index (χ0) is 22.2. The van der Waals surface area contributed by atoms with Crippen molar-refractivity contribution in [3.63, 3.8) is 0 Å². The smallest absolute Gasteiger partial charge is 0.167 e. The van der Waals surface area contributed by atoms with Gasteiger partial charge < -0.3 is 14.9 Å². The minimum atomic E-state index is -1.82. The third-order valence-corrected chi connectivity index (χ3v) is 7.55. The summed E-state index contributed by atoms with van der Waals surface area (Å²) in [4.78, 5) is 11.7. The first-order valence-electron chi connectivity index (χ1n) is 10.2. The summed E-state index contributed by atoms with van der Waals surface area (Å²) in [5, 5.41) is 15.3. The normalized spacial score (nSPS) is 15.6. The number of nitrogens with one attached hydrogen (secondary N) is 2. The zero-order valence-corrected chi connectivity index (χ0v) is 19.0. The Kier molecular flexibility index (Phi) is 5.53. The Balaban J connectivity index is 1.52. The van der Waals surface area contributed by atoms with Crippen LogP contribution in [0.4, 0.5) is 11.4 Å². The van der Waals surface area contributed by atoms with Crippen molar-refractivity contribution >= 4 is 60.5 Å². The quantitative estimate of drug-likeness (QED) is 0.361. The molecule has 32 heavy (non-hydrogen) atoms. The van der Waals surface area contributed by atoms with Crippen molar-refractivity contribution < 1.29 is 8.76 Å². The summed E-state index contributed by atoms with van der Waals surface area (Å²) in [5.74, 6) is 0.169. The van der Waals surface area contributed by atoms with Crippen LogP contribution >= 0.6 is 11.3 Å². The van der Waals surface area contributed by atoms with Gasteiger partial charge in [0.15, 0.2) is 11.1 Å². The Bertz CT molecular complexity index is 1430. The van der Waals surface area contributed by atoms with Crippen molar-refractivity contribution in [1.29, 1.82) is 5.26 Å². The van der Waals surface area contributed by atoms with Crippen molar-refractivity contribution in [1.82, 2.24) is 14.9 Å². The van der Waals surface area contributed by atoms with Crippen LogP contribution in [-0.2, 0) is 11.1 Å². The van der Waals surface area contributed by atoms with Crippen LogP contribution in [-0.4, -0.2) is 42.6 Å². The highest BCUT2D eigenvalue weighted by molar-refractivity contribution is 7.79. The molecule has 162 valence electrons. The number of fused-ring (bicyclic) bond motifs is 2. The Morgan fingerprint density at radius 1 is 1.38 bits per heavy atom. The Hall–Kier alpha value is -3.03. The van der Waals surface area contributed by atoms with Gasteiger partial charge in [-0.1, -0.05) is 6.08 Å². The molecule has 9 heteroatoms. The summed E-state index contributed by atoms with van der Waals surface area (Å²) in [6, 6.07) is 10.5. The number of rotatable bonds is 5. The van der Waals surface area contributed by atoms with Gasteiger partial charge >= 0.3 is 0 Å². The maximum atomic E-state index is 11.1. The minimum Gasteiger partial charge on any atom is -0.361 e. The SMILES string of the molecule is Cc1c(Nc2c(C#N)cnc3sc(C4=CCN(CS(=O)O)CC4)cc23)ccc2[nH]ccc12. The van der Waals surface area contributed by atoms with E-state index in [1.165, 1.54) is 5.57 Å². The molecule has 3 aromatic heterocycles. The largest absolute Gasteiger partial charge is 0.361 e. The molecule has 0 fully saturated rings. The van der Waals surface area contributed by atoms with E-state index in [1.807, 2.05) is 23.2 Å². The van der Waals surface area contributed by atoms with Crippen LogP contribution < -0.4 is 5.32 Å². The molecule has 0 amide bonds. The van der Waals surface area contributed by atoms with Crippen LogP contribution in [0.15, 0.2) is 42.7 Å². The molecule has 7 nitrogen and oxygen atoms in total. The summed E-state index contributed by atoms with van der Waals surface area (Å²) in [6.45, 7) is 3.46. The van der Waals surface area contributed by atoms with E-state index in [0.29, 0.717) is 12.1 Å².